The number of hydrogen-bond acceptors (Lipinski definition) is 4. The van der Waals surface area contributed by atoms with Gasteiger partial charge in [-0.25, -0.2) is 0 Å². The van der Waals surface area contributed by atoms with Crippen LogP contribution in [-0.4, -0.2) is 36.7 Å². The van der Waals surface area contributed by atoms with Crippen molar-refractivity contribution in [3.05, 3.63) is 29.8 Å². The monoisotopic (exact) mass is 298 g/mol. The lowest BCUT2D eigenvalue weighted by Crippen LogP contribution is -2.42. The minimum absolute atomic E-state index is 0.637. The first-order valence-corrected chi connectivity index (χ1v) is 9.00. The average molecular weight is 298 g/mol. The van der Waals surface area contributed by atoms with Gasteiger partial charge in [0, 0.05) is 27.4 Å². The Hall–Kier alpha value is -0.883. The molecule has 5 heteroatoms. The summed E-state index contributed by atoms with van der Waals surface area (Å²) in [6.45, 7) is 2.82. The maximum atomic E-state index is 5.72. The quantitative estimate of drug-likeness (QED) is 0.491. The summed E-state index contributed by atoms with van der Waals surface area (Å²) in [6, 6.07) is 9.05. The Morgan fingerprint density at radius 2 is 1.55 bits per heavy atom. The highest BCUT2D eigenvalue weighted by Crippen LogP contribution is 2.17. The third kappa shape index (κ3) is 5.24. The first-order chi connectivity index (χ1) is 9.69. The first-order valence-electron chi connectivity index (χ1n) is 7.07. The van der Waals surface area contributed by atoms with Crippen molar-refractivity contribution in [1.82, 2.24) is 0 Å². The lowest BCUT2D eigenvalue weighted by atomic mass is 10.1. The molecule has 0 bridgehead atoms. The summed E-state index contributed by atoms with van der Waals surface area (Å²) >= 11 is 0. The summed E-state index contributed by atoms with van der Waals surface area (Å²) in [5.41, 5.74) is 1.35. The zero-order chi connectivity index (χ0) is 14.8. The smallest absolute Gasteiger partial charge is 0.494 e. The van der Waals surface area contributed by atoms with E-state index in [0.29, 0.717) is 6.61 Å². The predicted molar refractivity (Wildman–Crippen MR) is 82.1 cm³/mol. The van der Waals surface area contributed by atoms with Crippen LogP contribution in [0.1, 0.15) is 25.3 Å². The molecule has 0 aliphatic heterocycles. The largest absolute Gasteiger partial charge is 0.500 e. The fourth-order valence-electron chi connectivity index (χ4n) is 2.08. The summed E-state index contributed by atoms with van der Waals surface area (Å²) in [5, 5.41) is 0. The first kappa shape index (κ1) is 17.2. The van der Waals surface area contributed by atoms with Crippen LogP contribution >= 0.6 is 0 Å². The van der Waals surface area contributed by atoms with Crippen LogP contribution in [0.4, 0.5) is 0 Å². The highest BCUT2D eigenvalue weighted by molar-refractivity contribution is 6.60. The van der Waals surface area contributed by atoms with Crippen molar-refractivity contribution in [3.8, 4) is 5.75 Å². The zero-order valence-corrected chi connectivity index (χ0v) is 14.0. The molecular weight excluding hydrogens is 272 g/mol. The van der Waals surface area contributed by atoms with Gasteiger partial charge in [-0.05, 0) is 30.5 Å². The Morgan fingerprint density at radius 3 is 2.05 bits per heavy atom. The fourth-order valence-corrected chi connectivity index (χ4v) is 3.77. The van der Waals surface area contributed by atoms with Gasteiger partial charge in [-0.15, -0.1) is 0 Å². The molecule has 1 aromatic rings. The molecule has 0 aromatic heterocycles. The van der Waals surface area contributed by atoms with Gasteiger partial charge in [0.1, 0.15) is 5.75 Å². The van der Waals surface area contributed by atoms with E-state index in [9.17, 15) is 0 Å². The van der Waals surface area contributed by atoms with Crippen LogP contribution in [-0.2, 0) is 19.7 Å². The molecule has 0 radical (unpaired) electrons. The molecule has 0 saturated carbocycles. The van der Waals surface area contributed by atoms with E-state index < -0.39 is 8.80 Å². The zero-order valence-electron chi connectivity index (χ0n) is 13.0. The molecule has 0 atom stereocenters. The van der Waals surface area contributed by atoms with Crippen molar-refractivity contribution in [2.45, 2.75) is 32.2 Å². The number of hydrogen-bond donors (Lipinski definition) is 0. The number of benzene rings is 1. The van der Waals surface area contributed by atoms with Gasteiger partial charge in [-0.1, -0.05) is 25.5 Å². The van der Waals surface area contributed by atoms with Crippen molar-refractivity contribution in [2.75, 3.05) is 27.9 Å². The molecule has 0 aliphatic carbocycles. The minimum atomic E-state index is -2.46. The standard InChI is InChI=1S/C15H26O4Si/c1-5-7-14-8-10-15(11-9-14)19-12-6-13-20(16-2,17-3)18-4/h8-11H,5-7,12-13H2,1-4H3. The second-order valence-corrected chi connectivity index (χ2v) is 7.73. The van der Waals surface area contributed by atoms with Gasteiger partial charge in [0.05, 0.1) is 6.61 Å². The van der Waals surface area contributed by atoms with E-state index in [2.05, 4.69) is 19.1 Å². The lowest BCUT2D eigenvalue weighted by Gasteiger charge is -2.24. The van der Waals surface area contributed by atoms with Crippen LogP contribution in [0.5, 0.6) is 5.75 Å². The molecule has 0 amide bonds. The van der Waals surface area contributed by atoms with E-state index in [1.165, 1.54) is 5.56 Å². The van der Waals surface area contributed by atoms with E-state index in [1.54, 1.807) is 21.3 Å². The van der Waals surface area contributed by atoms with E-state index in [-0.39, 0.29) is 0 Å². The van der Waals surface area contributed by atoms with Gasteiger partial charge in [0.15, 0.2) is 0 Å². The van der Waals surface area contributed by atoms with E-state index >= 15 is 0 Å². The second kappa shape index (κ2) is 9.13. The summed E-state index contributed by atoms with van der Waals surface area (Å²) in [6.07, 6.45) is 3.13. The Balaban J connectivity index is 2.33. The maximum Gasteiger partial charge on any atom is 0.500 e. The highest BCUT2D eigenvalue weighted by atomic mass is 28.4. The molecule has 0 aliphatic rings. The van der Waals surface area contributed by atoms with Crippen LogP contribution in [0.3, 0.4) is 0 Å². The van der Waals surface area contributed by atoms with Gasteiger partial charge >= 0.3 is 8.80 Å². The number of aryl methyl sites for hydroxylation is 1. The van der Waals surface area contributed by atoms with E-state index in [1.807, 2.05) is 12.1 Å². The highest BCUT2D eigenvalue weighted by Gasteiger charge is 2.36. The van der Waals surface area contributed by atoms with Crippen LogP contribution in [0.15, 0.2) is 24.3 Å². The lowest BCUT2D eigenvalue weighted by molar-refractivity contribution is 0.121. The molecule has 114 valence electrons. The maximum absolute atomic E-state index is 5.72. The fraction of sp³-hybridized carbons (Fsp3) is 0.600. The molecule has 0 N–H and O–H groups in total. The normalized spacial score (nSPS) is 11.6. The SMILES string of the molecule is CCCc1ccc(OCCC[Si](OC)(OC)OC)cc1. The molecule has 0 saturated heterocycles. The number of ether oxygens (including phenoxy) is 1. The molecule has 0 fully saturated rings. The Kier molecular flexibility index (Phi) is 7.83. The van der Waals surface area contributed by atoms with Gasteiger partial charge < -0.3 is 18.0 Å². The Bertz CT molecular complexity index is 354. The molecule has 0 heterocycles. The van der Waals surface area contributed by atoms with Crippen molar-refractivity contribution < 1.29 is 18.0 Å². The predicted octanol–water partition coefficient (Wildman–Crippen LogP) is 3.29. The minimum Gasteiger partial charge on any atom is -0.494 e. The number of rotatable bonds is 10. The molecule has 1 rings (SSSR count). The molecule has 1 aromatic carbocycles. The van der Waals surface area contributed by atoms with Crippen LogP contribution in [0.2, 0.25) is 6.04 Å². The summed E-state index contributed by atoms with van der Waals surface area (Å²) < 4.78 is 21.8. The topological polar surface area (TPSA) is 36.9 Å². The second-order valence-electron chi connectivity index (χ2n) is 4.64. The summed E-state index contributed by atoms with van der Waals surface area (Å²) in [5.74, 6) is 0.907. The van der Waals surface area contributed by atoms with Gasteiger partial charge in [0.2, 0.25) is 0 Å². The average Bonchev–Trinajstić information content (AvgIpc) is 2.50. The van der Waals surface area contributed by atoms with Crippen molar-refractivity contribution >= 4 is 8.80 Å². The van der Waals surface area contributed by atoms with Gasteiger partial charge in [-0.3, -0.25) is 0 Å². The summed E-state index contributed by atoms with van der Waals surface area (Å²) in [4.78, 5) is 0. The Labute approximate surface area is 123 Å². The van der Waals surface area contributed by atoms with Crippen molar-refractivity contribution in [1.29, 1.82) is 0 Å². The molecule has 0 spiro atoms. The molecule has 4 nitrogen and oxygen atoms in total. The summed E-state index contributed by atoms with van der Waals surface area (Å²) in [7, 11) is 2.44. The van der Waals surface area contributed by atoms with Crippen molar-refractivity contribution in [3.63, 3.8) is 0 Å². The molecular formula is C15H26O4Si. The van der Waals surface area contributed by atoms with Gasteiger partial charge in [-0.2, -0.15) is 0 Å². The van der Waals surface area contributed by atoms with Crippen molar-refractivity contribution in [2.24, 2.45) is 0 Å². The molecule has 20 heavy (non-hydrogen) atoms. The van der Waals surface area contributed by atoms with Crippen LogP contribution in [0, 0.1) is 0 Å². The Morgan fingerprint density at radius 1 is 0.950 bits per heavy atom. The van der Waals surface area contributed by atoms with Crippen LogP contribution in [0.25, 0.3) is 0 Å². The third-order valence-electron chi connectivity index (χ3n) is 3.29. The third-order valence-corrected chi connectivity index (χ3v) is 6.12. The van der Waals surface area contributed by atoms with Crippen LogP contribution < -0.4 is 4.74 Å². The van der Waals surface area contributed by atoms with Gasteiger partial charge in [0.25, 0.3) is 0 Å². The van der Waals surface area contributed by atoms with E-state index in [4.69, 9.17) is 18.0 Å². The molecule has 0 unspecified atom stereocenters. The van der Waals surface area contributed by atoms with E-state index in [0.717, 1.165) is 31.1 Å².